The molecule has 1 fully saturated rings. The fraction of sp³-hybridized carbons (Fsp3) is 0.333. The lowest BCUT2D eigenvalue weighted by Crippen LogP contribution is -2.52. The van der Waals surface area contributed by atoms with Crippen molar-refractivity contribution in [1.82, 2.24) is 30.0 Å². The molecule has 0 radical (unpaired) electrons. The minimum Gasteiger partial charge on any atom is -0.439 e. The molecule has 2 N–H and O–H groups in total. The summed E-state index contributed by atoms with van der Waals surface area (Å²) in [5.41, 5.74) is 3.01. The monoisotopic (exact) mass is 486 g/mol. The van der Waals surface area contributed by atoms with Gasteiger partial charge in [0.05, 0.1) is 28.9 Å². The summed E-state index contributed by atoms with van der Waals surface area (Å²) in [5.74, 6) is 1.23. The van der Waals surface area contributed by atoms with Gasteiger partial charge in [0.25, 0.3) is 0 Å². The summed E-state index contributed by atoms with van der Waals surface area (Å²) in [5, 5.41) is 17.4. The summed E-state index contributed by atoms with van der Waals surface area (Å²) in [6.45, 7) is 7.04. The third-order valence-electron chi connectivity index (χ3n) is 6.51. The van der Waals surface area contributed by atoms with E-state index in [0.29, 0.717) is 24.7 Å². The second kappa shape index (κ2) is 10.0. The maximum absolute atomic E-state index is 12.6. The number of pyridine rings is 2. The van der Waals surface area contributed by atoms with Gasteiger partial charge in [-0.2, -0.15) is 5.10 Å². The number of amides is 1. The van der Waals surface area contributed by atoms with Gasteiger partial charge in [-0.15, -0.1) is 0 Å². The van der Waals surface area contributed by atoms with Gasteiger partial charge in [-0.3, -0.25) is 19.8 Å². The fourth-order valence-corrected chi connectivity index (χ4v) is 4.27. The molecule has 0 spiro atoms. The average Bonchev–Trinajstić information content (AvgIpc) is 3.44. The van der Waals surface area contributed by atoms with E-state index < -0.39 is 5.41 Å². The molecule has 186 valence electrons. The Labute approximate surface area is 209 Å². The van der Waals surface area contributed by atoms with E-state index in [1.54, 1.807) is 26.2 Å². The van der Waals surface area contributed by atoms with Gasteiger partial charge >= 0.3 is 0 Å². The van der Waals surface area contributed by atoms with E-state index in [-0.39, 0.29) is 12.5 Å². The summed E-state index contributed by atoms with van der Waals surface area (Å²) >= 11 is 0. The second-order valence-corrected chi connectivity index (χ2v) is 9.72. The molecule has 36 heavy (non-hydrogen) atoms. The molecule has 4 aromatic rings. The van der Waals surface area contributed by atoms with Crippen LogP contribution in [-0.2, 0) is 11.3 Å². The van der Waals surface area contributed by atoms with E-state index in [4.69, 9.17) is 9.72 Å². The zero-order chi connectivity index (χ0) is 25.1. The Kier molecular flexibility index (Phi) is 6.67. The Morgan fingerprint density at radius 1 is 1.08 bits per heavy atom. The number of ether oxygens (including phenoxy) is 1. The van der Waals surface area contributed by atoms with Crippen molar-refractivity contribution in [2.75, 3.05) is 32.8 Å². The van der Waals surface area contributed by atoms with Crippen molar-refractivity contribution in [2.45, 2.75) is 20.4 Å². The highest BCUT2D eigenvalue weighted by molar-refractivity contribution is 5.82. The van der Waals surface area contributed by atoms with Gasteiger partial charge in [0.15, 0.2) is 0 Å². The molecule has 1 aliphatic heterocycles. The number of aliphatic hydroxyl groups is 1. The number of rotatable bonds is 7. The molecule has 4 heterocycles. The Morgan fingerprint density at radius 2 is 1.92 bits per heavy atom. The molecule has 0 bridgehead atoms. The van der Waals surface area contributed by atoms with Crippen molar-refractivity contribution in [3.05, 3.63) is 66.6 Å². The van der Waals surface area contributed by atoms with Crippen molar-refractivity contribution in [1.29, 1.82) is 0 Å². The topological polar surface area (TPSA) is 107 Å². The first-order valence-corrected chi connectivity index (χ1v) is 12.1. The van der Waals surface area contributed by atoms with Crippen molar-refractivity contribution in [3.8, 4) is 22.9 Å². The first-order chi connectivity index (χ1) is 17.4. The predicted molar refractivity (Wildman–Crippen MR) is 136 cm³/mol. The summed E-state index contributed by atoms with van der Waals surface area (Å²) < 4.78 is 5.95. The Bertz CT molecular complexity index is 1330. The number of aromatic amines is 1. The maximum Gasteiger partial charge on any atom is 0.230 e. The SMILES string of the molecule is CC(C)(CO)C(=O)N1CCN(Cc2ccc3cc(Oc4ccc(-c5ccn[nH]5)cn4)ccc3n2)CC1. The van der Waals surface area contributed by atoms with E-state index in [9.17, 15) is 9.90 Å². The predicted octanol–water partition coefficient (Wildman–Crippen LogP) is 3.47. The molecule has 5 rings (SSSR count). The van der Waals surface area contributed by atoms with Crippen LogP contribution in [0.1, 0.15) is 19.5 Å². The number of hydrogen-bond acceptors (Lipinski definition) is 7. The molecular formula is C27H30N6O3. The highest BCUT2D eigenvalue weighted by Gasteiger charge is 2.33. The molecular weight excluding hydrogens is 456 g/mol. The average molecular weight is 487 g/mol. The number of carbonyl (C=O) groups excluding carboxylic acids is 1. The number of hydrogen-bond donors (Lipinski definition) is 2. The first kappa shape index (κ1) is 23.9. The summed E-state index contributed by atoms with van der Waals surface area (Å²) in [6, 6.07) is 15.6. The zero-order valence-corrected chi connectivity index (χ0v) is 20.5. The van der Waals surface area contributed by atoms with E-state index >= 15 is 0 Å². The molecule has 0 atom stereocenters. The van der Waals surface area contributed by atoms with E-state index in [1.807, 2.05) is 47.4 Å². The Morgan fingerprint density at radius 3 is 2.61 bits per heavy atom. The number of benzene rings is 1. The third-order valence-corrected chi connectivity index (χ3v) is 6.51. The lowest BCUT2D eigenvalue weighted by Gasteiger charge is -2.38. The number of nitrogens with one attached hydrogen (secondary N) is 1. The lowest BCUT2D eigenvalue weighted by molar-refractivity contribution is -0.144. The van der Waals surface area contributed by atoms with Crippen LogP contribution in [-0.4, -0.2) is 73.8 Å². The van der Waals surface area contributed by atoms with Crippen molar-refractivity contribution in [2.24, 2.45) is 5.41 Å². The number of aromatic nitrogens is 4. The highest BCUT2D eigenvalue weighted by Crippen LogP contribution is 2.26. The van der Waals surface area contributed by atoms with Gasteiger partial charge in [-0.1, -0.05) is 6.07 Å². The van der Waals surface area contributed by atoms with Gasteiger partial charge in [-0.05, 0) is 50.2 Å². The molecule has 9 heteroatoms. The fourth-order valence-electron chi connectivity index (χ4n) is 4.27. The molecule has 0 saturated carbocycles. The Hall–Kier alpha value is -3.82. The number of H-pyrrole nitrogens is 1. The van der Waals surface area contributed by atoms with Crippen LogP contribution in [0.25, 0.3) is 22.2 Å². The molecule has 1 aromatic carbocycles. The van der Waals surface area contributed by atoms with Crippen LogP contribution >= 0.6 is 0 Å². The van der Waals surface area contributed by atoms with Gasteiger partial charge < -0.3 is 14.7 Å². The standard InChI is InChI=1S/C27H30N6O3/c1-27(2,18-34)26(35)33-13-11-32(12-14-33)17-21-5-3-19-15-22(6-7-23(19)30-21)36-25-8-4-20(16-28-25)24-9-10-29-31-24/h3-10,15-16,34H,11-14,17-18H2,1-2H3,(H,29,31). The smallest absolute Gasteiger partial charge is 0.230 e. The number of nitrogens with zero attached hydrogens (tertiary/aromatic N) is 5. The summed E-state index contributed by atoms with van der Waals surface area (Å²) in [7, 11) is 0. The van der Waals surface area contributed by atoms with Crippen LogP contribution in [0.2, 0.25) is 0 Å². The van der Waals surface area contributed by atoms with Crippen LogP contribution in [0.5, 0.6) is 11.6 Å². The van der Waals surface area contributed by atoms with Crippen LogP contribution in [0, 0.1) is 5.41 Å². The van der Waals surface area contributed by atoms with Crippen molar-refractivity contribution >= 4 is 16.8 Å². The normalized spacial score (nSPS) is 14.8. The maximum atomic E-state index is 12.6. The van der Waals surface area contributed by atoms with Gasteiger partial charge in [-0.25, -0.2) is 4.98 Å². The minimum atomic E-state index is -0.732. The largest absolute Gasteiger partial charge is 0.439 e. The van der Waals surface area contributed by atoms with Crippen LogP contribution in [0.4, 0.5) is 0 Å². The van der Waals surface area contributed by atoms with Gasteiger partial charge in [0.1, 0.15) is 5.75 Å². The van der Waals surface area contributed by atoms with Gasteiger partial charge in [0.2, 0.25) is 11.8 Å². The van der Waals surface area contributed by atoms with E-state index in [0.717, 1.165) is 47.5 Å². The number of fused-ring (bicyclic) bond motifs is 1. The number of carbonyl (C=O) groups is 1. The second-order valence-electron chi connectivity index (χ2n) is 9.72. The minimum absolute atomic E-state index is 0.00969. The molecule has 1 saturated heterocycles. The van der Waals surface area contributed by atoms with E-state index in [1.165, 1.54) is 0 Å². The number of piperazine rings is 1. The lowest BCUT2D eigenvalue weighted by atomic mass is 9.92. The van der Waals surface area contributed by atoms with Crippen LogP contribution in [0.3, 0.4) is 0 Å². The zero-order valence-electron chi connectivity index (χ0n) is 20.5. The number of aliphatic hydroxyl groups excluding tert-OH is 1. The Balaban J connectivity index is 1.19. The quantitative estimate of drug-likeness (QED) is 0.412. The van der Waals surface area contributed by atoms with E-state index in [2.05, 4.69) is 26.1 Å². The van der Waals surface area contributed by atoms with Crippen molar-refractivity contribution < 1.29 is 14.6 Å². The molecule has 1 aliphatic rings. The molecule has 9 nitrogen and oxygen atoms in total. The first-order valence-electron chi connectivity index (χ1n) is 12.1. The molecule has 1 amide bonds. The molecule has 0 aliphatic carbocycles. The van der Waals surface area contributed by atoms with Gasteiger partial charge in [0, 0.05) is 62.1 Å². The molecule has 3 aromatic heterocycles. The summed E-state index contributed by atoms with van der Waals surface area (Å²) in [4.78, 5) is 26.0. The third kappa shape index (κ3) is 5.22. The van der Waals surface area contributed by atoms with Crippen molar-refractivity contribution in [3.63, 3.8) is 0 Å². The van der Waals surface area contributed by atoms with Crippen LogP contribution < -0.4 is 4.74 Å². The highest BCUT2D eigenvalue weighted by atomic mass is 16.5. The summed E-state index contributed by atoms with van der Waals surface area (Å²) in [6.07, 6.45) is 3.46. The van der Waals surface area contributed by atoms with Crippen LogP contribution in [0.15, 0.2) is 60.9 Å². The molecule has 0 unspecified atom stereocenters.